The van der Waals surface area contributed by atoms with E-state index in [9.17, 15) is 14.3 Å². The van der Waals surface area contributed by atoms with Crippen LogP contribution in [-0.4, -0.2) is 35.6 Å². The Labute approximate surface area is 147 Å². The van der Waals surface area contributed by atoms with Gasteiger partial charge in [-0.1, -0.05) is 42.5 Å². The van der Waals surface area contributed by atoms with Crippen LogP contribution < -0.4 is 0 Å². The van der Waals surface area contributed by atoms with Gasteiger partial charge in [-0.25, -0.2) is 4.39 Å². The second-order valence-electron chi connectivity index (χ2n) is 7.23. The lowest BCUT2D eigenvalue weighted by atomic mass is 9.58. The third-order valence-corrected chi connectivity index (χ3v) is 6.08. The maximum atomic E-state index is 13.5. The first kappa shape index (κ1) is 16.3. The molecular formula is C21H22FNO2. The number of rotatable bonds is 4. The molecule has 3 saturated heterocycles. The predicted octanol–water partition coefficient (Wildman–Crippen LogP) is 3.54. The molecule has 3 heterocycles. The average molecular weight is 339 g/mol. The summed E-state index contributed by atoms with van der Waals surface area (Å²) in [6.07, 6.45) is 2.07. The Morgan fingerprint density at radius 3 is 2.12 bits per heavy atom. The molecule has 2 aromatic carbocycles. The lowest BCUT2D eigenvalue weighted by Crippen LogP contribution is -2.58. The molecule has 4 heteroatoms. The number of fused-ring (bicyclic) bond motifs is 3. The number of carboxylic acid groups (broad SMARTS) is 1. The Morgan fingerprint density at radius 2 is 1.60 bits per heavy atom. The highest BCUT2D eigenvalue weighted by molar-refractivity contribution is 5.86. The van der Waals surface area contributed by atoms with Crippen molar-refractivity contribution in [3.05, 3.63) is 71.5 Å². The van der Waals surface area contributed by atoms with Gasteiger partial charge in [0.15, 0.2) is 0 Å². The van der Waals surface area contributed by atoms with Crippen molar-refractivity contribution in [2.75, 3.05) is 19.6 Å². The molecule has 0 aromatic heterocycles. The van der Waals surface area contributed by atoms with E-state index in [4.69, 9.17) is 0 Å². The van der Waals surface area contributed by atoms with Crippen molar-refractivity contribution in [2.24, 2.45) is 11.8 Å². The van der Waals surface area contributed by atoms with Gasteiger partial charge in [0.1, 0.15) is 11.2 Å². The van der Waals surface area contributed by atoms with Crippen LogP contribution in [0.15, 0.2) is 54.6 Å². The topological polar surface area (TPSA) is 40.5 Å². The van der Waals surface area contributed by atoms with Crippen LogP contribution in [0.2, 0.25) is 0 Å². The number of hydrogen-bond acceptors (Lipinski definition) is 2. The molecule has 2 bridgehead atoms. The molecule has 3 aliphatic heterocycles. The van der Waals surface area contributed by atoms with E-state index in [1.165, 1.54) is 12.1 Å². The average Bonchev–Trinajstić information content (AvgIpc) is 2.65. The van der Waals surface area contributed by atoms with Gasteiger partial charge in [0.25, 0.3) is 0 Å². The quantitative estimate of drug-likeness (QED) is 0.926. The molecule has 130 valence electrons. The molecule has 0 spiro atoms. The summed E-state index contributed by atoms with van der Waals surface area (Å²) < 4.78 is 13.5. The van der Waals surface area contributed by atoms with Gasteiger partial charge >= 0.3 is 5.97 Å². The number of piperidine rings is 3. The minimum absolute atomic E-state index is 0.0136. The van der Waals surface area contributed by atoms with Crippen LogP contribution in [0.1, 0.15) is 24.0 Å². The molecule has 1 unspecified atom stereocenters. The highest BCUT2D eigenvalue weighted by Gasteiger charge is 2.54. The fraction of sp³-hybridized carbons (Fsp3) is 0.381. The number of nitrogens with zero attached hydrogens (tertiary/aromatic N) is 1. The highest BCUT2D eigenvalue weighted by atomic mass is 19.1. The van der Waals surface area contributed by atoms with Crippen molar-refractivity contribution in [3.8, 4) is 0 Å². The normalized spacial score (nSPS) is 27.6. The van der Waals surface area contributed by atoms with Gasteiger partial charge < -0.3 is 10.0 Å². The molecule has 3 aliphatic rings. The first-order chi connectivity index (χ1) is 12.1. The Morgan fingerprint density at radius 1 is 1.00 bits per heavy atom. The summed E-state index contributed by atoms with van der Waals surface area (Å²) >= 11 is 0. The monoisotopic (exact) mass is 339 g/mol. The zero-order valence-electron chi connectivity index (χ0n) is 14.1. The Kier molecular flexibility index (Phi) is 4.08. The van der Waals surface area contributed by atoms with Crippen molar-refractivity contribution >= 4 is 5.97 Å². The maximum absolute atomic E-state index is 13.5. The summed E-state index contributed by atoms with van der Waals surface area (Å²) in [6.45, 7) is 2.88. The summed E-state index contributed by atoms with van der Waals surface area (Å²) in [5.41, 5.74) is 0.317. The SMILES string of the molecule is O=C(O)C(c1ccccc1)(c1ccc(F)cc1)[C@@H]1CN2CCC1CC2. The standard InChI is InChI=1S/C21H22FNO2/c22-18-8-6-17(7-9-18)21(20(24)25,16-4-2-1-3-5-16)19-14-23-12-10-15(19)11-13-23/h1-9,15,19H,10-14H2,(H,24,25)/t19-,21?/m1/s1. The molecule has 0 aliphatic carbocycles. The molecule has 3 nitrogen and oxygen atoms in total. The number of carbonyl (C=O) groups is 1. The third-order valence-electron chi connectivity index (χ3n) is 6.08. The minimum atomic E-state index is -1.14. The summed E-state index contributed by atoms with van der Waals surface area (Å²) in [7, 11) is 0. The maximum Gasteiger partial charge on any atom is 0.318 e. The summed E-state index contributed by atoms with van der Waals surface area (Å²) in [5.74, 6) is -0.819. The van der Waals surface area contributed by atoms with E-state index >= 15 is 0 Å². The van der Waals surface area contributed by atoms with Crippen LogP contribution in [0.4, 0.5) is 4.39 Å². The lowest BCUT2D eigenvalue weighted by Gasteiger charge is -2.51. The van der Waals surface area contributed by atoms with Crippen LogP contribution in [0.25, 0.3) is 0 Å². The summed E-state index contributed by atoms with van der Waals surface area (Å²) in [6, 6.07) is 15.5. The Bertz CT molecular complexity index is 753. The molecule has 2 aromatic rings. The molecular weight excluding hydrogens is 317 g/mol. The van der Waals surface area contributed by atoms with Crippen molar-refractivity contribution in [2.45, 2.75) is 18.3 Å². The second kappa shape index (κ2) is 6.26. The van der Waals surface area contributed by atoms with Crippen molar-refractivity contribution in [3.63, 3.8) is 0 Å². The Hall–Kier alpha value is -2.20. The zero-order chi connectivity index (χ0) is 17.4. The number of hydrogen-bond donors (Lipinski definition) is 1. The summed E-state index contributed by atoms with van der Waals surface area (Å²) in [5, 5.41) is 10.5. The number of carboxylic acids is 1. The van der Waals surface area contributed by atoms with E-state index in [1.807, 2.05) is 30.3 Å². The predicted molar refractivity (Wildman–Crippen MR) is 93.9 cm³/mol. The van der Waals surface area contributed by atoms with E-state index < -0.39 is 11.4 Å². The largest absolute Gasteiger partial charge is 0.480 e. The van der Waals surface area contributed by atoms with Crippen LogP contribution in [0.5, 0.6) is 0 Å². The van der Waals surface area contributed by atoms with Gasteiger partial charge in [0.05, 0.1) is 0 Å². The smallest absolute Gasteiger partial charge is 0.318 e. The summed E-state index contributed by atoms with van der Waals surface area (Å²) in [4.78, 5) is 15.1. The van der Waals surface area contributed by atoms with Gasteiger partial charge in [-0.2, -0.15) is 0 Å². The molecule has 0 radical (unpaired) electrons. The molecule has 5 rings (SSSR count). The van der Waals surface area contributed by atoms with Crippen LogP contribution in [-0.2, 0) is 10.2 Å². The lowest BCUT2D eigenvalue weighted by molar-refractivity contribution is -0.147. The second-order valence-corrected chi connectivity index (χ2v) is 7.23. The van der Waals surface area contributed by atoms with Crippen LogP contribution in [0, 0.1) is 17.7 Å². The van der Waals surface area contributed by atoms with Gasteiger partial charge in [0, 0.05) is 6.54 Å². The number of benzene rings is 2. The van der Waals surface area contributed by atoms with E-state index in [0.29, 0.717) is 11.5 Å². The zero-order valence-corrected chi connectivity index (χ0v) is 14.1. The third kappa shape index (κ3) is 2.56. The molecule has 1 N–H and O–H groups in total. The molecule has 2 atom stereocenters. The Balaban J connectivity index is 1.93. The van der Waals surface area contributed by atoms with Gasteiger partial charge in [-0.05, 0) is 61.0 Å². The molecule has 0 saturated carbocycles. The molecule has 3 fully saturated rings. The molecule has 25 heavy (non-hydrogen) atoms. The minimum Gasteiger partial charge on any atom is -0.480 e. The van der Waals surface area contributed by atoms with Crippen molar-refractivity contribution < 1.29 is 14.3 Å². The van der Waals surface area contributed by atoms with E-state index in [1.54, 1.807) is 12.1 Å². The number of aliphatic carboxylic acids is 1. The first-order valence-electron chi connectivity index (χ1n) is 8.89. The first-order valence-corrected chi connectivity index (χ1v) is 8.89. The van der Waals surface area contributed by atoms with Crippen molar-refractivity contribution in [1.82, 2.24) is 4.90 Å². The van der Waals surface area contributed by atoms with E-state index in [2.05, 4.69) is 4.90 Å². The van der Waals surface area contributed by atoms with Gasteiger partial charge in [-0.3, -0.25) is 4.79 Å². The van der Waals surface area contributed by atoms with Gasteiger partial charge in [0.2, 0.25) is 0 Å². The van der Waals surface area contributed by atoms with Gasteiger partial charge in [-0.15, -0.1) is 0 Å². The number of halogens is 1. The van der Waals surface area contributed by atoms with Crippen LogP contribution in [0.3, 0.4) is 0 Å². The van der Waals surface area contributed by atoms with Crippen LogP contribution >= 0.6 is 0 Å². The fourth-order valence-electron chi connectivity index (χ4n) is 4.87. The van der Waals surface area contributed by atoms with Crippen molar-refractivity contribution in [1.29, 1.82) is 0 Å². The molecule has 0 amide bonds. The van der Waals surface area contributed by atoms with E-state index in [0.717, 1.165) is 38.0 Å². The highest BCUT2D eigenvalue weighted by Crippen LogP contribution is 2.48. The fourth-order valence-corrected chi connectivity index (χ4v) is 4.87. The van der Waals surface area contributed by atoms with E-state index in [-0.39, 0.29) is 11.7 Å².